The molecule has 10 bridgehead atoms. The number of aromatic nitrogens is 1. The molecule has 1 aromatic heterocycles. The maximum absolute atomic E-state index is 14.5. The number of H-pyrrole nitrogens is 1. The van der Waals surface area contributed by atoms with E-state index in [9.17, 15) is 28.3 Å². The smallest absolute Gasteiger partial charge is 0.748 e. The van der Waals surface area contributed by atoms with E-state index in [1.54, 1.807) is 12.1 Å². The third kappa shape index (κ3) is 12.8. The zero-order valence-electron chi connectivity index (χ0n) is 52.7. The van der Waals surface area contributed by atoms with Gasteiger partial charge < -0.3 is 56.4 Å². The summed E-state index contributed by atoms with van der Waals surface area (Å²) in [4.78, 5) is 8.56. The Morgan fingerprint density at radius 3 is 2.46 bits per heavy atom. The summed E-state index contributed by atoms with van der Waals surface area (Å²) in [5.41, 5.74) is 21.7. The van der Waals surface area contributed by atoms with Crippen molar-refractivity contribution in [3.05, 3.63) is 195 Å². The Balaban J connectivity index is 0.00000758. The number of allylic oxidation sites excluding steroid dienone is 1. The van der Waals surface area contributed by atoms with Gasteiger partial charge >= 0.3 is 29.6 Å². The van der Waals surface area contributed by atoms with Crippen LogP contribution in [0, 0.1) is 41.4 Å². The Kier molecular flexibility index (Phi) is 18.3. The molecule has 0 radical (unpaired) electrons. The SMILES string of the molecule is C[C@H]1CCc2cc3ccc2[C@H]1C[C@@H](S(=O)(=O)[O-])[C@H]1C=C2C[C@H](C[C@H]4C[C@@H](CO)CC#Cc5cc(O)ccc5[C@@H]2O4)[C@@H]1c1ccc(cc1)[C@](C[C@H](Cc1ccccc1)[C@@]1(O)CCC[C@@H](c2ccc4c(c2)[C@@H](CNc2ccc[nH]2)NCC42CCCC2)C1)(N=C(N)N)O3.[Na+]. The average Bonchev–Trinajstić information content (AvgIpc) is 1.76. The molecule has 1 spiro atoms. The second-order valence-electron chi connectivity index (χ2n) is 28.3. The average molecular weight is 1260 g/mol. The number of benzene rings is 5. The second-order valence-corrected chi connectivity index (χ2v) is 29.9. The van der Waals surface area contributed by atoms with Gasteiger partial charge in [-0.15, -0.1) is 0 Å². The fourth-order valence-electron chi connectivity index (χ4n) is 18.3. The molecule has 16 rings (SSSR count). The molecule has 1 saturated heterocycles. The van der Waals surface area contributed by atoms with Gasteiger partial charge in [-0.2, -0.15) is 0 Å². The number of nitrogens with zero attached hydrogens (tertiary/aromatic N) is 1. The zero-order valence-corrected chi connectivity index (χ0v) is 55.5. The van der Waals surface area contributed by atoms with Gasteiger partial charge in [0, 0.05) is 66.9 Å². The number of hydrogen-bond donors (Lipinski definition) is 8. The summed E-state index contributed by atoms with van der Waals surface area (Å²) in [6.45, 7) is 3.78. The van der Waals surface area contributed by atoms with E-state index in [-0.39, 0.29) is 108 Å². The maximum Gasteiger partial charge on any atom is 1.00 e. The summed E-state index contributed by atoms with van der Waals surface area (Å²) in [7, 11) is -4.96. The van der Waals surface area contributed by atoms with Crippen LogP contribution >= 0.6 is 0 Å². The standard InChI is InChI=1S/C75H88N6O8S.Na/c1-46-16-17-52-36-59-24-26-61(52)63(46)40-68(90(85,86)87)65-39-55-34-54(37-60-33-48(44-82)12-7-13-51-35-58(83)23-25-62(51)71(55)88-60)70(65)49-18-21-56(22-19-49)75(89-59,81-72(76)77)42-57(32-47-10-3-2-4-11-47)74(84)30-8-14-53(41-74)50-20-27-66-64(38-50)67(43-79-69-15-9-31-78-69)80-45-73(66)28-5-6-29-73;/h2-4,9-11,15,18-27,31,35-36,38-39,46,48,53-54,57,60,63,65,67-68,70-71,78-80,82-84H,5-6,8,12,14,16-17,28-30,32-34,37,40-45H2,1H3,(H4,76,77,81)(H,85,86,87);/q;+1/p-1/t46-,48-,53+,54+,57-,60+,63-,65+,67+,68+,70-,71+,74+,75+;/m0./s1. The first-order valence-electron chi connectivity index (χ1n) is 33.3. The summed E-state index contributed by atoms with van der Waals surface area (Å²) >= 11 is 0. The van der Waals surface area contributed by atoms with Gasteiger partial charge in [-0.05, 0) is 212 Å². The number of anilines is 1. The molecule has 10 aliphatic rings. The molecule has 91 heavy (non-hydrogen) atoms. The molecule has 0 amide bonds. The van der Waals surface area contributed by atoms with Gasteiger partial charge in [-0.3, -0.25) is 0 Å². The van der Waals surface area contributed by atoms with E-state index < -0.39 is 50.6 Å². The van der Waals surface area contributed by atoms with Gasteiger partial charge in [0.05, 0.1) is 27.1 Å². The van der Waals surface area contributed by atoms with Gasteiger partial charge in [0.2, 0.25) is 5.72 Å². The number of aliphatic imine (C=N–C) groups is 1. The number of aromatic amines is 1. The molecule has 4 aliphatic carbocycles. The summed E-state index contributed by atoms with van der Waals surface area (Å²) in [6.07, 6.45) is 15.1. The maximum atomic E-state index is 14.5. The van der Waals surface area contributed by atoms with E-state index in [0.29, 0.717) is 61.8 Å². The van der Waals surface area contributed by atoms with Crippen LogP contribution in [-0.2, 0) is 38.8 Å². The number of phenols is 1. The van der Waals surface area contributed by atoms with Crippen molar-refractivity contribution in [2.45, 2.75) is 174 Å². The van der Waals surface area contributed by atoms with Crippen molar-refractivity contribution >= 4 is 21.9 Å². The van der Waals surface area contributed by atoms with Crippen molar-refractivity contribution in [3.63, 3.8) is 0 Å². The van der Waals surface area contributed by atoms with Gasteiger partial charge in [0.15, 0.2) is 5.96 Å². The van der Waals surface area contributed by atoms with Crippen molar-refractivity contribution in [2.75, 3.05) is 25.0 Å². The Morgan fingerprint density at radius 1 is 0.890 bits per heavy atom. The van der Waals surface area contributed by atoms with Crippen molar-refractivity contribution in [3.8, 4) is 23.3 Å². The van der Waals surface area contributed by atoms with Crippen LogP contribution in [0.3, 0.4) is 0 Å². The van der Waals surface area contributed by atoms with Crippen LogP contribution in [0.4, 0.5) is 5.82 Å². The number of fused-ring (bicyclic) bond motifs is 11. The molecule has 3 fully saturated rings. The molecule has 14 nitrogen and oxygen atoms in total. The number of aliphatic hydroxyl groups excluding tert-OH is 1. The number of hydrogen-bond acceptors (Lipinski definition) is 11. The first kappa shape index (κ1) is 63.8. The molecule has 6 aromatic rings. The topological polar surface area (TPSA) is 241 Å². The molecule has 7 heterocycles. The molecule has 2 saturated carbocycles. The third-order valence-electron chi connectivity index (χ3n) is 22.8. The summed E-state index contributed by atoms with van der Waals surface area (Å²) < 4.78 is 58.1. The van der Waals surface area contributed by atoms with Gasteiger partial charge in [0.1, 0.15) is 23.4 Å². The minimum absolute atomic E-state index is 0. The summed E-state index contributed by atoms with van der Waals surface area (Å²) in [6, 6.07) is 41.2. The predicted molar refractivity (Wildman–Crippen MR) is 350 cm³/mol. The molecule has 6 aliphatic heterocycles. The van der Waals surface area contributed by atoms with E-state index in [1.165, 1.54) is 42.4 Å². The predicted octanol–water partition coefficient (Wildman–Crippen LogP) is 9.05. The van der Waals surface area contributed by atoms with E-state index in [2.05, 4.69) is 101 Å². The van der Waals surface area contributed by atoms with Crippen molar-refractivity contribution in [1.82, 2.24) is 10.3 Å². The molecule has 16 heteroatoms. The van der Waals surface area contributed by atoms with Crippen molar-refractivity contribution in [1.29, 1.82) is 0 Å². The number of phenolic OH excluding ortho intramolecular Hbond substituents is 1. The van der Waals surface area contributed by atoms with Gasteiger partial charge in [-0.25, -0.2) is 13.4 Å². The fourth-order valence-corrected chi connectivity index (χ4v) is 19.4. The Labute approximate surface area is 558 Å². The number of aliphatic hydroxyl groups is 2. The first-order valence-corrected chi connectivity index (χ1v) is 34.8. The molecule has 472 valence electrons. The molecule has 10 N–H and O–H groups in total. The summed E-state index contributed by atoms with van der Waals surface area (Å²) in [5.74, 6) is 5.86. The number of ether oxygens (including phenoxy) is 2. The third-order valence-corrected chi connectivity index (χ3v) is 24.0. The van der Waals surface area contributed by atoms with Crippen molar-refractivity contribution < 1.29 is 67.3 Å². The van der Waals surface area contributed by atoms with Crippen LogP contribution in [0.1, 0.15) is 189 Å². The van der Waals surface area contributed by atoms with E-state index >= 15 is 0 Å². The van der Waals surface area contributed by atoms with Crippen LogP contribution in [-0.4, -0.2) is 75.9 Å². The molecule has 5 aromatic carbocycles. The zero-order chi connectivity index (χ0) is 61.9. The first-order chi connectivity index (χ1) is 43.5. The number of aromatic hydroxyl groups is 1. The second kappa shape index (κ2) is 26.1. The van der Waals surface area contributed by atoms with E-state index in [1.807, 2.05) is 54.7 Å². The minimum Gasteiger partial charge on any atom is -0.748 e. The number of aryl methyl sites for hydroxylation is 1. The van der Waals surface area contributed by atoms with E-state index in [4.69, 9.17) is 25.9 Å². The fraction of sp³-hybridized carbons (Fsp3) is 0.480. The van der Waals surface area contributed by atoms with Crippen LogP contribution in [0.5, 0.6) is 11.5 Å². The van der Waals surface area contributed by atoms with E-state index in [0.717, 1.165) is 78.0 Å². The molecular formula is C75H87N6NaO8S. The monoisotopic (exact) mass is 1250 g/mol. The van der Waals surface area contributed by atoms with Crippen molar-refractivity contribution in [2.24, 2.45) is 46.0 Å². The van der Waals surface area contributed by atoms with Crippen LogP contribution in [0.15, 0.2) is 144 Å². The Hall–Kier alpha value is -5.90. The van der Waals surface area contributed by atoms with Crippen LogP contribution in [0.2, 0.25) is 0 Å². The Bertz CT molecular complexity index is 3840. The minimum atomic E-state index is -4.96. The largest absolute Gasteiger partial charge is 1.00 e. The number of rotatable bonds is 12. The molecule has 14 atom stereocenters. The molecular weight excluding hydrogens is 1170 g/mol. The quantitative estimate of drug-likeness (QED) is 0.0143. The number of guanidine groups is 1. The number of nitrogens with two attached hydrogens (primary N) is 2. The summed E-state index contributed by atoms with van der Waals surface area (Å²) in [5, 5.41) is 41.8. The normalized spacial score (nSPS) is 30.8. The number of nitrogens with one attached hydrogen (secondary N) is 3. The van der Waals surface area contributed by atoms with Crippen LogP contribution in [0.25, 0.3) is 0 Å². The van der Waals surface area contributed by atoms with Gasteiger partial charge in [-0.1, -0.05) is 123 Å². The Morgan fingerprint density at radius 2 is 1.69 bits per heavy atom. The molecule has 0 unspecified atom stereocenters. The van der Waals surface area contributed by atoms with Gasteiger partial charge in [0.25, 0.3) is 0 Å². The van der Waals surface area contributed by atoms with Crippen LogP contribution < -0.4 is 56.4 Å².